The third-order valence-corrected chi connectivity index (χ3v) is 5.20. The molecule has 1 unspecified atom stereocenters. The first-order valence-corrected chi connectivity index (χ1v) is 8.61. The highest BCUT2D eigenvalue weighted by Gasteiger charge is 2.18. The van der Waals surface area contributed by atoms with Gasteiger partial charge in [-0.1, -0.05) is 60.7 Å². The Balaban J connectivity index is 1.91. The number of benzene rings is 3. The monoisotopic (exact) mass is 311 g/mol. The highest BCUT2D eigenvalue weighted by molar-refractivity contribution is 7.89. The second-order valence-electron chi connectivity index (χ2n) is 5.26. The molecule has 3 nitrogen and oxygen atoms in total. The van der Waals surface area contributed by atoms with Crippen LogP contribution in [0, 0.1) is 0 Å². The van der Waals surface area contributed by atoms with Gasteiger partial charge in [-0.2, -0.15) is 0 Å². The van der Waals surface area contributed by atoms with E-state index in [2.05, 4.69) is 4.72 Å². The zero-order valence-corrected chi connectivity index (χ0v) is 13.0. The fraction of sp³-hybridized carbons (Fsp3) is 0.111. The summed E-state index contributed by atoms with van der Waals surface area (Å²) in [6.45, 7) is 1.84. The van der Waals surface area contributed by atoms with Crippen molar-refractivity contribution < 1.29 is 8.42 Å². The van der Waals surface area contributed by atoms with Crippen molar-refractivity contribution in [1.82, 2.24) is 4.72 Å². The summed E-state index contributed by atoms with van der Waals surface area (Å²) in [5, 5.41) is 1.94. The highest BCUT2D eigenvalue weighted by atomic mass is 32.2. The van der Waals surface area contributed by atoms with Gasteiger partial charge in [-0.05, 0) is 35.4 Å². The second kappa shape index (κ2) is 5.91. The minimum atomic E-state index is -3.55. The van der Waals surface area contributed by atoms with E-state index in [4.69, 9.17) is 0 Å². The average molecular weight is 311 g/mol. The summed E-state index contributed by atoms with van der Waals surface area (Å²) in [7, 11) is -3.55. The summed E-state index contributed by atoms with van der Waals surface area (Å²) >= 11 is 0. The molecule has 3 aromatic carbocycles. The first-order chi connectivity index (χ1) is 10.6. The van der Waals surface area contributed by atoms with Gasteiger partial charge in [-0.3, -0.25) is 0 Å². The van der Waals surface area contributed by atoms with Crippen LogP contribution in [-0.4, -0.2) is 8.42 Å². The maximum absolute atomic E-state index is 12.5. The molecule has 0 heterocycles. The molecule has 0 bridgehead atoms. The lowest BCUT2D eigenvalue weighted by Gasteiger charge is -2.15. The molecular weight excluding hydrogens is 294 g/mol. The van der Waals surface area contributed by atoms with Gasteiger partial charge in [0.05, 0.1) is 4.90 Å². The molecule has 0 aliphatic carbocycles. The van der Waals surface area contributed by atoms with Crippen LogP contribution in [0.3, 0.4) is 0 Å². The van der Waals surface area contributed by atoms with Gasteiger partial charge in [0.1, 0.15) is 0 Å². The Morgan fingerprint density at radius 3 is 2.18 bits per heavy atom. The van der Waals surface area contributed by atoms with Crippen LogP contribution in [0.25, 0.3) is 10.8 Å². The van der Waals surface area contributed by atoms with E-state index in [9.17, 15) is 8.42 Å². The topological polar surface area (TPSA) is 46.2 Å². The number of nitrogens with one attached hydrogen (secondary N) is 1. The Morgan fingerprint density at radius 2 is 1.45 bits per heavy atom. The quantitative estimate of drug-likeness (QED) is 0.795. The molecule has 0 saturated heterocycles. The molecule has 0 radical (unpaired) electrons. The van der Waals surface area contributed by atoms with E-state index < -0.39 is 10.0 Å². The van der Waals surface area contributed by atoms with Crippen molar-refractivity contribution in [3.05, 3.63) is 78.4 Å². The molecule has 3 aromatic rings. The maximum Gasteiger partial charge on any atom is 0.241 e. The molecule has 0 spiro atoms. The standard InChI is InChI=1S/C18H17NO2S/c1-14(15-7-3-2-4-8-15)19-22(20,21)18-12-11-16-9-5-6-10-17(16)13-18/h2-14,19H,1H3. The van der Waals surface area contributed by atoms with Crippen molar-refractivity contribution in [1.29, 1.82) is 0 Å². The van der Waals surface area contributed by atoms with Crippen LogP contribution in [0.1, 0.15) is 18.5 Å². The van der Waals surface area contributed by atoms with Gasteiger partial charge >= 0.3 is 0 Å². The SMILES string of the molecule is CC(NS(=O)(=O)c1ccc2ccccc2c1)c1ccccc1. The van der Waals surface area contributed by atoms with Crippen molar-refractivity contribution in [2.24, 2.45) is 0 Å². The van der Waals surface area contributed by atoms with E-state index >= 15 is 0 Å². The van der Waals surface area contributed by atoms with Crippen molar-refractivity contribution in [2.45, 2.75) is 17.9 Å². The Morgan fingerprint density at radius 1 is 0.818 bits per heavy atom. The molecule has 112 valence electrons. The fourth-order valence-corrected chi connectivity index (χ4v) is 3.71. The van der Waals surface area contributed by atoms with Gasteiger partial charge in [0.25, 0.3) is 0 Å². The number of hydrogen-bond acceptors (Lipinski definition) is 2. The third kappa shape index (κ3) is 3.03. The van der Waals surface area contributed by atoms with E-state index in [0.717, 1.165) is 16.3 Å². The molecule has 3 rings (SSSR count). The molecular formula is C18H17NO2S. The smallest absolute Gasteiger partial charge is 0.207 e. The summed E-state index contributed by atoms with van der Waals surface area (Å²) in [6.07, 6.45) is 0. The van der Waals surface area contributed by atoms with Crippen molar-refractivity contribution in [2.75, 3.05) is 0 Å². The van der Waals surface area contributed by atoms with E-state index in [1.807, 2.05) is 67.6 Å². The zero-order valence-electron chi connectivity index (χ0n) is 12.2. The van der Waals surface area contributed by atoms with Crippen molar-refractivity contribution in [3.8, 4) is 0 Å². The van der Waals surface area contributed by atoms with E-state index in [1.165, 1.54) is 0 Å². The van der Waals surface area contributed by atoms with Crippen molar-refractivity contribution in [3.63, 3.8) is 0 Å². The molecule has 0 aromatic heterocycles. The van der Waals surface area contributed by atoms with Crippen LogP contribution < -0.4 is 4.72 Å². The summed E-state index contributed by atoms with van der Waals surface area (Å²) in [4.78, 5) is 0.286. The minimum absolute atomic E-state index is 0.280. The van der Waals surface area contributed by atoms with Crippen LogP contribution in [0.2, 0.25) is 0 Å². The van der Waals surface area contributed by atoms with Crippen LogP contribution in [0.15, 0.2) is 77.7 Å². The largest absolute Gasteiger partial charge is 0.241 e. The van der Waals surface area contributed by atoms with E-state index in [1.54, 1.807) is 12.1 Å². The summed E-state index contributed by atoms with van der Waals surface area (Å²) < 4.78 is 27.8. The second-order valence-corrected chi connectivity index (χ2v) is 6.98. The number of rotatable bonds is 4. The summed E-state index contributed by atoms with van der Waals surface area (Å²) in [6, 6.07) is 22.1. The van der Waals surface area contributed by atoms with Gasteiger partial charge in [-0.15, -0.1) is 0 Å². The Labute approximate surface area is 130 Å². The van der Waals surface area contributed by atoms with E-state index in [-0.39, 0.29) is 10.9 Å². The highest BCUT2D eigenvalue weighted by Crippen LogP contribution is 2.21. The van der Waals surface area contributed by atoms with Gasteiger partial charge in [0, 0.05) is 6.04 Å². The lowest BCUT2D eigenvalue weighted by atomic mass is 10.1. The average Bonchev–Trinajstić information content (AvgIpc) is 2.55. The van der Waals surface area contributed by atoms with Crippen LogP contribution in [0.4, 0.5) is 0 Å². The van der Waals surface area contributed by atoms with Crippen LogP contribution >= 0.6 is 0 Å². The maximum atomic E-state index is 12.5. The minimum Gasteiger partial charge on any atom is -0.207 e. The number of hydrogen-bond donors (Lipinski definition) is 1. The molecule has 0 aliphatic heterocycles. The molecule has 0 amide bonds. The van der Waals surface area contributed by atoms with E-state index in [0.29, 0.717) is 0 Å². The Bertz CT molecular complexity index is 889. The van der Waals surface area contributed by atoms with Gasteiger partial charge in [0.2, 0.25) is 10.0 Å². The number of fused-ring (bicyclic) bond motifs is 1. The Kier molecular flexibility index (Phi) is 3.96. The molecule has 0 saturated carbocycles. The van der Waals surface area contributed by atoms with Crippen molar-refractivity contribution >= 4 is 20.8 Å². The predicted octanol–water partition coefficient (Wildman–Crippen LogP) is 3.88. The normalized spacial score (nSPS) is 13.1. The molecule has 1 N–H and O–H groups in total. The molecule has 1 atom stereocenters. The fourth-order valence-electron chi connectivity index (χ4n) is 2.45. The summed E-state index contributed by atoms with van der Waals surface area (Å²) in [5.74, 6) is 0. The predicted molar refractivity (Wildman–Crippen MR) is 89.1 cm³/mol. The molecule has 0 aliphatic rings. The van der Waals surface area contributed by atoms with Crippen LogP contribution in [-0.2, 0) is 10.0 Å². The molecule has 0 fully saturated rings. The number of sulfonamides is 1. The zero-order chi connectivity index (χ0) is 15.6. The molecule has 4 heteroatoms. The Hall–Kier alpha value is -2.17. The van der Waals surface area contributed by atoms with Crippen LogP contribution in [0.5, 0.6) is 0 Å². The van der Waals surface area contributed by atoms with Gasteiger partial charge < -0.3 is 0 Å². The third-order valence-electron chi connectivity index (χ3n) is 3.66. The first kappa shape index (κ1) is 14.8. The summed E-state index contributed by atoms with van der Waals surface area (Å²) in [5.41, 5.74) is 0.937. The molecule has 22 heavy (non-hydrogen) atoms. The lowest BCUT2D eigenvalue weighted by molar-refractivity contribution is 0.567. The van der Waals surface area contributed by atoms with Gasteiger partial charge in [-0.25, -0.2) is 13.1 Å². The first-order valence-electron chi connectivity index (χ1n) is 7.12. The lowest BCUT2D eigenvalue weighted by Crippen LogP contribution is -2.26. The van der Waals surface area contributed by atoms with Gasteiger partial charge in [0.15, 0.2) is 0 Å².